The molecule has 0 aromatic carbocycles. The summed E-state index contributed by atoms with van der Waals surface area (Å²) in [4.78, 5) is 16.2. The first-order chi connectivity index (χ1) is 8.29. The van der Waals surface area contributed by atoms with Gasteiger partial charge in [-0.25, -0.2) is 0 Å². The van der Waals surface area contributed by atoms with Gasteiger partial charge in [0.15, 0.2) is 0 Å². The fraction of sp³-hybridized carbons (Fsp3) is 0.600. The molecule has 1 aliphatic carbocycles. The summed E-state index contributed by atoms with van der Waals surface area (Å²) in [7, 11) is 0. The standard InChI is InChI=1S/C15H21NO/c1-2-5-12-7-8-15(17)13(10-12)11-14-6-3-4-9-16-14/h3-4,6,9,12-13H,2,5,7-8,10-11H2,1H3. The van der Waals surface area contributed by atoms with Crippen molar-refractivity contribution in [2.24, 2.45) is 11.8 Å². The molecule has 1 aromatic rings. The third-order valence-electron chi connectivity index (χ3n) is 3.75. The van der Waals surface area contributed by atoms with Crippen molar-refractivity contribution in [3.8, 4) is 0 Å². The van der Waals surface area contributed by atoms with Crippen LogP contribution in [0, 0.1) is 11.8 Å². The monoisotopic (exact) mass is 231 g/mol. The van der Waals surface area contributed by atoms with E-state index in [1.165, 1.54) is 12.8 Å². The van der Waals surface area contributed by atoms with Crippen molar-refractivity contribution in [1.82, 2.24) is 4.98 Å². The number of nitrogens with zero attached hydrogens (tertiary/aromatic N) is 1. The number of rotatable bonds is 4. The molecule has 2 heteroatoms. The Hall–Kier alpha value is -1.18. The summed E-state index contributed by atoms with van der Waals surface area (Å²) in [6.45, 7) is 2.23. The van der Waals surface area contributed by atoms with Gasteiger partial charge in [-0.1, -0.05) is 25.8 Å². The number of Topliss-reactive ketones (excluding diaryl/α,β-unsaturated/α-hetero) is 1. The summed E-state index contributed by atoms with van der Waals surface area (Å²) in [5, 5.41) is 0. The van der Waals surface area contributed by atoms with Gasteiger partial charge in [-0.15, -0.1) is 0 Å². The predicted octanol–water partition coefficient (Wildman–Crippen LogP) is 3.41. The summed E-state index contributed by atoms with van der Waals surface area (Å²) in [6, 6.07) is 5.95. The molecular weight excluding hydrogens is 210 g/mol. The zero-order valence-corrected chi connectivity index (χ0v) is 10.6. The van der Waals surface area contributed by atoms with Gasteiger partial charge in [0, 0.05) is 24.2 Å². The third-order valence-corrected chi connectivity index (χ3v) is 3.75. The predicted molar refractivity (Wildman–Crippen MR) is 68.7 cm³/mol. The molecule has 2 atom stereocenters. The van der Waals surface area contributed by atoms with Gasteiger partial charge < -0.3 is 0 Å². The van der Waals surface area contributed by atoms with Crippen LogP contribution in [-0.2, 0) is 11.2 Å². The first-order valence-corrected chi connectivity index (χ1v) is 6.72. The van der Waals surface area contributed by atoms with Crippen molar-refractivity contribution in [2.45, 2.75) is 45.4 Å². The van der Waals surface area contributed by atoms with E-state index in [0.29, 0.717) is 5.78 Å². The first-order valence-electron chi connectivity index (χ1n) is 6.72. The maximum atomic E-state index is 11.9. The number of aromatic nitrogens is 1. The Morgan fingerprint density at radius 2 is 2.29 bits per heavy atom. The largest absolute Gasteiger partial charge is 0.299 e. The molecule has 92 valence electrons. The molecule has 1 heterocycles. The van der Waals surface area contributed by atoms with E-state index < -0.39 is 0 Å². The van der Waals surface area contributed by atoms with E-state index in [0.717, 1.165) is 37.3 Å². The Balaban J connectivity index is 1.96. The van der Waals surface area contributed by atoms with Gasteiger partial charge >= 0.3 is 0 Å². The first kappa shape index (κ1) is 12.3. The maximum Gasteiger partial charge on any atom is 0.136 e. The fourth-order valence-electron chi connectivity index (χ4n) is 2.84. The lowest BCUT2D eigenvalue weighted by Gasteiger charge is -2.27. The van der Waals surface area contributed by atoms with Crippen LogP contribution in [0.4, 0.5) is 0 Å². The van der Waals surface area contributed by atoms with Crippen LogP contribution in [0.5, 0.6) is 0 Å². The van der Waals surface area contributed by atoms with Crippen molar-refractivity contribution in [2.75, 3.05) is 0 Å². The van der Waals surface area contributed by atoms with Crippen LogP contribution < -0.4 is 0 Å². The zero-order chi connectivity index (χ0) is 12.1. The van der Waals surface area contributed by atoms with Crippen LogP contribution in [-0.4, -0.2) is 10.8 Å². The Labute approximate surface area is 103 Å². The summed E-state index contributed by atoms with van der Waals surface area (Å²) in [5.74, 6) is 1.42. The molecule has 2 nitrogen and oxygen atoms in total. The highest BCUT2D eigenvalue weighted by Crippen LogP contribution is 2.31. The summed E-state index contributed by atoms with van der Waals surface area (Å²) in [5.41, 5.74) is 1.06. The van der Waals surface area contributed by atoms with E-state index in [1.54, 1.807) is 0 Å². The normalized spacial score (nSPS) is 24.9. The van der Waals surface area contributed by atoms with Gasteiger partial charge in [-0.2, -0.15) is 0 Å². The third kappa shape index (κ3) is 3.39. The lowest BCUT2D eigenvalue weighted by molar-refractivity contribution is -0.125. The molecule has 0 aliphatic heterocycles. The van der Waals surface area contributed by atoms with Crippen molar-refractivity contribution < 1.29 is 4.79 Å². The van der Waals surface area contributed by atoms with Crippen LogP contribution in [0.25, 0.3) is 0 Å². The second kappa shape index (κ2) is 5.95. The average molecular weight is 231 g/mol. The van der Waals surface area contributed by atoms with Gasteiger partial charge in [0.05, 0.1) is 0 Å². The van der Waals surface area contributed by atoms with Crippen LogP contribution >= 0.6 is 0 Å². The second-order valence-corrected chi connectivity index (χ2v) is 5.12. The number of ketones is 1. The molecule has 0 N–H and O–H groups in total. The molecular formula is C15H21NO. The summed E-state index contributed by atoms with van der Waals surface area (Å²) in [6.07, 6.45) is 8.10. The Morgan fingerprint density at radius 1 is 1.41 bits per heavy atom. The molecule has 2 rings (SSSR count). The highest BCUT2D eigenvalue weighted by Gasteiger charge is 2.28. The van der Waals surface area contributed by atoms with E-state index in [-0.39, 0.29) is 5.92 Å². The number of hydrogen-bond donors (Lipinski definition) is 0. The molecule has 0 bridgehead atoms. The van der Waals surface area contributed by atoms with E-state index in [9.17, 15) is 4.79 Å². The minimum absolute atomic E-state index is 0.218. The molecule has 1 saturated carbocycles. The average Bonchev–Trinajstić information content (AvgIpc) is 2.35. The van der Waals surface area contributed by atoms with Crippen LogP contribution in [0.2, 0.25) is 0 Å². The molecule has 0 radical (unpaired) electrons. The Morgan fingerprint density at radius 3 is 3.00 bits per heavy atom. The smallest absolute Gasteiger partial charge is 0.136 e. The Kier molecular flexibility index (Phi) is 4.29. The minimum atomic E-state index is 0.218. The zero-order valence-electron chi connectivity index (χ0n) is 10.6. The Bertz CT molecular complexity index is 360. The van der Waals surface area contributed by atoms with Gasteiger partial charge in [-0.3, -0.25) is 9.78 Å². The van der Waals surface area contributed by atoms with E-state index in [2.05, 4.69) is 11.9 Å². The number of carbonyl (C=O) groups is 1. The van der Waals surface area contributed by atoms with Gasteiger partial charge in [-0.05, 0) is 37.3 Å². The molecule has 1 fully saturated rings. The van der Waals surface area contributed by atoms with Crippen molar-refractivity contribution >= 4 is 5.78 Å². The molecule has 0 amide bonds. The van der Waals surface area contributed by atoms with Crippen LogP contribution in [0.15, 0.2) is 24.4 Å². The van der Waals surface area contributed by atoms with Crippen molar-refractivity contribution in [3.63, 3.8) is 0 Å². The van der Waals surface area contributed by atoms with E-state index in [4.69, 9.17) is 0 Å². The SMILES string of the molecule is CCCC1CCC(=O)C(Cc2ccccn2)C1. The summed E-state index contributed by atoms with van der Waals surface area (Å²) < 4.78 is 0. The van der Waals surface area contributed by atoms with E-state index in [1.807, 2.05) is 24.4 Å². The quantitative estimate of drug-likeness (QED) is 0.794. The number of carbonyl (C=O) groups excluding carboxylic acids is 1. The molecule has 2 unspecified atom stereocenters. The van der Waals surface area contributed by atoms with Gasteiger partial charge in [0.2, 0.25) is 0 Å². The highest BCUT2D eigenvalue weighted by atomic mass is 16.1. The van der Waals surface area contributed by atoms with Gasteiger partial charge in [0.1, 0.15) is 5.78 Å². The highest BCUT2D eigenvalue weighted by molar-refractivity contribution is 5.81. The van der Waals surface area contributed by atoms with Gasteiger partial charge in [0.25, 0.3) is 0 Å². The van der Waals surface area contributed by atoms with Crippen LogP contribution in [0.1, 0.15) is 44.7 Å². The minimum Gasteiger partial charge on any atom is -0.299 e. The molecule has 0 spiro atoms. The van der Waals surface area contributed by atoms with E-state index >= 15 is 0 Å². The van der Waals surface area contributed by atoms with Crippen molar-refractivity contribution in [3.05, 3.63) is 30.1 Å². The summed E-state index contributed by atoms with van der Waals surface area (Å²) >= 11 is 0. The lowest BCUT2D eigenvalue weighted by atomic mass is 9.77. The molecule has 0 saturated heterocycles. The second-order valence-electron chi connectivity index (χ2n) is 5.12. The van der Waals surface area contributed by atoms with Crippen LogP contribution in [0.3, 0.4) is 0 Å². The van der Waals surface area contributed by atoms with Crippen molar-refractivity contribution in [1.29, 1.82) is 0 Å². The topological polar surface area (TPSA) is 30.0 Å². The number of pyridine rings is 1. The molecule has 1 aromatic heterocycles. The molecule has 17 heavy (non-hydrogen) atoms. The maximum absolute atomic E-state index is 11.9. The lowest BCUT2D eigenvalue weighted by Crippen LogP contribution is -2.26. The fourth-order valence-corrected chi connectivity index (χ4v) is 2.84. The molecule has 1 aliphatic rings. The number of hydrogen-bond acceptors (Lipinski definition) is 2.